The van der Waals surface area contributed by atoms with Crippen molar-refractivity contribution in [2.24, 2.45) is 0 Å². The molecule has 0 saturated heterocycles. The first kappa shape index (κ1) is 18.9. The Morgan fingerprint density at radius 2 is 2.11 bits per heavy atom. The average molecular weight is 366 g/mol. The highest BCUT2D eigenvalue weighted by molar-refractivity contribution is 5.89. The monoisotopic (exact) mass is 366 g/mol. The molecule has 2 heterocycles. The van der Waals surface area contributed by atoms with E-state index >= 15 is 0 Å². The molecule has 2 aromatic rings. The predicted octanol–water partition coefficient (Wildman–Crippen LogP) is 4.28. The van der Waals surface area contributed by atoms with Crippen LogP contribution in [0.2, 0.25) is 0 Å². The lowest BCUT2D eigenvalue weighted by atomic mass is 9.95. The Morgan fingerprint density at radius 1 is 1.33 bits per heavy atom. The molecule has 3 rings (SSSR count). The fourth-order valence-electron chi connectivity index (χ4n) is 2.73. The fourth-order valence-corrected chi connectivity index (χ4v) is 2.73. The molecule has 0 unspecified atom stereocenters. The first-order chi connectivity index (χ1) is 12.7. The van der Waals surface area contributed by atoms with Gasteiger partial charge in [-0.3, -0.25) is 0 Å². The third kappa shape index (κ3) is 4.64. The Kier molecular flexibility index (Phi) is 5.17. The minimum Gasteiger partial charge on any atom is -0.489 e. The number of carbonyl (C=O) groups excluding carboxylic acids is 1. The maximum Gasteiger partial charge on any atom is 0.322 e. The summed E-state index contributed by atoms with van der Waals surface area (Å²) in [5.74, 6) is 1.49. The van der Waals surface area contributed by atoms with Crippen molar-refractivity contribution in [3.63, 3.8) is 0 Å². The van der Waals surface area contributed by atoms with Crippen molar-refractivity contribution in [1.29, 1.82) is 0 Å². The molecule has 27 heavy (non-hydrogen) atoms. The molecule has 1 aromatic heterocycles. The first-order valence-corrected chi connectivity index (χ1v) is 9.01. The van der Waals surface area contributed by atoms with Gasteiger partial charge in [-0.25, -0.2) is 14.8 Å². The molecule has 0 bridgehead atoms. The van der Waals surface area contributed by atoms with Gasteiger partial charge in [0.05, 0.1) is 18.8 Å². The van der Waals surface area contributed by atoms with Gasteiger partial charge in [0.25, 0.3) is 0 Å². The molecule has 1 aliphatic rings. The molecule has 1 aliphatic heterocycles. The van der Waals surface area contributed by atoms with Crippen LogP contribution in [-0.2, 0) is 18.5 Å². The quantitative estimate of drug-likeness (QED) is 0.820. The molecule has 6 nitrogen and oxygen atoms in total. The molecule has 6 heteroatoms. The van der Waals surface area contributed by atoms with Gasteiger partial charge in [-0.05, 0) is 24.6 Å². The topological polar surface area (TPSA) is 67.3 Å². The number of carbonyl (C=O) groups is 1. The molecule has 0 spiro atoms. The fraction of sp³-hybridized carbons (Fsp3) is 0.381. The Labute approximate surface area is 160 Å². The number of nitrogens with zero attached hydrogens (tertiary/aromatic N) is 3. The van der Waals surface area contributed by atoms with E-state index in [1.54, 1.807) is 4.90 Å². The number of anilines is 1. The van der Waals surface area contributed by atoms with Crippen LogP contribution in [0.4, 0.5) is 10.5 Å². The lowest BCUT2D eigenvalue weighted by Gasteiger charge is -2.17. The van der Waals surface area contributed by atoms with Crippen molar-refractivity contribution in [2.45, 2.75) is 46.2 Å². The minimum atomic E-state index is -0.164. The standard InChI is InChI=1S/C21H26N4O2/c1-14(2)13-27-17-8-6-7-16(9-17)23-20(26)25-11-15-10-22-19(21(3,4)5)24-18(15)12-25/h6-10H,1,11-13H2,2-5H3,(H,23,26). The maximum absolute atomic E-state index is 12.7. The zero-order valence-corrected chi connectivity index (χ0v) is 16.4. The van der Waals surface area contributed by atoms with Crippen LogP contribution in [0.5, 0.6) is 5.75 Å². The van der Waals surface area contributed by atoms with Crippen molar-refractivity contribution < 1.29 is 9.53 Å². The summed E-state index contributed by atoms with van der Waals surface area (Å²) < 4.78 is 5.63. The predicted molar refractivity (Wildman–Crippen MR) is 106 cm³/mol. The van der Waals surface area contributed by atoms with Gasteiger partial charge in [0, 0.05) is 28.9 Å². The third-order valence-electron chi connectivity index (χ3n) is 4.18. The normalized spacial score (nSPS) is 13.3. The van der Waals surface area contributed by atoms with E-state index in [0.29, 0.717) is 31.1 Å². The zero-order valence-electron chi connectivity index (χ0n) is 16.4. The Morgan fingerprint density at radius 3 is 2.81 bits per heavy atom. The maximum atomic E-state index is 12.7. The van der Waals surface area contributed by atoms with Crippen molar-refractivity contribution in [3.05, 3.63) is 59.7 Å². The van der Waals surface area contributed by atoms with Crippen molar-refractivity contribution in [2.75, 3.05) is 11.9 Å². The van der Waals surface area contributed by atoms with Crippen LogP contribution in [0.1, 0.15) is 44.8 Å². The Hall–Kier alpha value is -2.89. The van der Waals surface area contributed by atoms with Gasteiger partial charge in [-0.2, -0.15) is 0 Å². The molecule has 0 saturated carbocycles. The number of benzene rings is 1. The second-order valence-electron chi connectivity index (χ2n) is 7.98. The van der Waals surface area contributed by atoms with Gasteiger partial charge < -0.3 is 15.0 Å². The van der Waals surface area contributed by atoms with E-state index in [0.717, 1.165) is 22.7 Å². The zero-order chi connectivity index (χ0) is 19.6. The van der Waals surface area contributed by atoms with E-state index in [1.165, 1.54) is 0 Å². The summed E-state index contributed by atoms with van der Waals surface area (Å²) in [4.78, 5) is 23.5. The van der Waals surface area contributed by atoms with Gasteiger partial charge in [-0.15, -0.1) is 0 Å². The van der Waals surface area contributed by atoms with Crippen LogP contribution in [0.3, 0.4) is 0 Å². The first-order valence-electron chi connectivity index (χ1n) is 9.01. The molecule has 1 aromatic carbocycles. The number of aromatic nitrogens is 2. The van der Waals surface area contributed by atoms with Crippen LogP contribution in [-0.4, -0.2) is 27.5 Å². The van der Waals surface area contributed by atoms with Gasteiger partial charge in [0.1, 0.15) is 18.2 Å². The molecule has 2 amide bonds. The number of amides is 2. The molecular formula is C21H26N4O2. The van der Waals surface area contributed by atoms with E-state index in [4.69, 9.17) is 4.74 Å². The van der Waals surface area contributed by atoms with Gasteiger partial charge in [0.15, 0.2) is 0 Å². The van der Waals surface area contributed by atoms with Crippen LogP contribution in [0.25, 0.3) is 0 Å². The van der Waals surface area contributed by atoms with Crippen molar-refractivity contribution in [3.8, 4) is 5.75 Å². The van der Waals surface area contributed by atoms with Gasteiger partial charge >= 0.3 is 6.03 Å². The highest BCUT2D eigenvalue weighted by Gasteiger charge is 2.27. The number of rotatable bonds is 4. The highest BCUT2D eigenvalue weighted by atomic mass is 16.5. The van der Waals surface area contributed by atoms with Gasteiger partial charge in [-0.1, -0.05) is 33.4 Å². The molecule has 0 aliphatic carbocycles. The summed E-state index contributed by atoms with van der Waals surface area (Å²) in [6.07, 6.45) is 1.84. The highest BCUT2D eigenvalue weighted by Crippen LogP contribution is 2.25. The molecule has 1 N–H and O–H groups in total. The van der Waals surface area contributed by atoms with E-state index < -0.39 is 0 Å². The summed E-state index contributed by atoms with van der Waals surface area (Å²) in [5, 5.41) is 2.93. The summed E-state index contributed by atoms with van der Waals surface area (Å²) >= 11 is 0. The number of ether oxygens (including phenoxy) is 1. The summed E-state index contributed by atoms with van der Waals surface area (Å²) in [6, 6.07) is 7.19. The number of hydrogen-bond acceptors (Lipinski definition) is 4. The number of urea groups is 1. The number of nitrogens with one attached hydrogen (secondary N) is 1. The largest absolute Gasteiger partial charge is 0.489 e. The Bertz CT molecular complexity index is 871. The van der Waals surface area contributed by atoms with E-state index in [2.05, 4.69) is 42.6 Å². The van der Waals surface area contributed by atoms with Crippen LogP contribution >= 0.6 is 0 Å². The molecule has 0 atom stereocenters. The SMILES string of the molecule is C=C(C)COc1cccc(NC(=O)N2Cc3cnc(C(C)(C)C)nc3C2)c1. The van der Waals surface area contributed by atoms with Gasteiger partial charge in [0.2, 0.25) is 0 Å². The second kappa shape index (κ2) is 7.39. The average Bonchev–Trinajstić information content (AvgIpc) is 3.03. The smallest absolute Gasteiger partial charge is 0.322 e. The molecule has 0 radical (unpaired) electrons. The molecule has 142 valence electrons. The van der Waals surface area contributed by atoms with E-state index in [9.17, 15) is 4.79 Å². The lowest BCUT2D eigenvalue weighted by Crippen LogP contribution is -2.30. The third-order valence-corrected chi connectivity index (χ3v) is 4.18. The lowest BCUT2D eigenvalue weighted by molar-refractivity contribution is 0.212. The van der Waals surface area contributed by atoms with Crippen LogP contribution in [0, 0.1) is 0 Å². The number of hydrogen-bond donors (Lipinski definition) is 1. The Balaban J connectivity index is 1.65. The summed E-state index contributed by atoms with van der Waals surface area (Å²) in [7, 11) is 0. The van der Waals surface area contributed by atoms with E-state index in [1.807, 2.05) is 37.4 Å². The second-order valence-corrected chi connectivity index (χ2v) is 7.98. The summed E-state index contributed by atoms with van der Waals surface area (Å²) in [6.45, 7) is 13.4. The van der Waals surface area contributed by atoms with Crippen LogP contribution < -0.4 is 10.1 Å². The molecular weight excluding hydrogens is 340 g/mol. The number of fused-ring (bicyclic) bond motifs is 1. The molecule has 0 fully saturated rings. The minimum absolute atomic E-state index is 0.116. The van der Waals surface area contributed by atoms with Crippen molar-refractivity contribution in [1.82, 2.24) is 14.9 Å². The summed E-state index contributed by atoms with van der Waals surface area (Å²) in [5.41, 5.74) is 3.43. The van der Waals surface area contributed by atoms with Crippen molar-refractivity contribution >= 4 is 11.7 Å². The van der Waals surface area contributed by atoms with E-state index in [-0.39, 0.29) is 11.4 Å². The van der Waals surface area contributed by atoms with Crippen LogP contribution in [0.15, 0.2) is 42.6 Å².